The van der Waals surface area contributed by atoms with Crippen molar-refractivity contribution in [3.05, 3.63) is 78.1 Å². The lowest BCUT2D eigenvalue weighted by Crippen LogP contribution is -2.21. The smallest absolute Gasteiger partial charge is 0.274 e. The van der Waals surface area contributed by atoms with Crippen LogP contribution in [0.5, 0.6) is 0 Å². The number of rotatable bonds is 7. The lowest BCUT2D eigenvalue weighted by atomic mass is 10.2. The van der Waals surface area contributed by atoms with Gasteiger partial charge in [0.15, 0.2) is 0 Å². The number of nitrogens with zero attached hydrogens (tertiary/aromatic N) is 2. The van der Waals surface area contributed by atoms with E-state index in [2.05, 4.69) is 34.4 Å². The Morgan fingerprint density at radius 1 is 0.966 bits per heavy atom. The summed E-state index contributed by atoms with van der Waals surface area (Å²) in [7, 11) is 0. The van der Waals surface area contributed by atoms with Crippen LogP contribution in [0.2, 0.25) is 0 Å². The van der Waals surface area contributed by atoms with Gasteiger partial charge < -0.3 is 15.5 Å². The lowest BCUT2D eigenvalue weighted by molar-refractivity contribution is 0.102. The second-order valence-corrected chi connectivity index (χ2v) is 6.35. The summed E-state index contributed by atoms with van der Waals surface area (Å²) in [6.45, 7) is 6.12. The third-order valence-corrected chi connectivity index (χ3v) is 4.46. The molecule has 1 amide bonds. The first kappa shape index (κ1) is 20.3. The van der Waals surface area contributed by atoms with Gasteiger partial charge in [-0.15, -0.1) is 0 Å². The van der Waals surface area contributed by atoms with Gasteiger partial charge in [-0.25, -0.2) is 13.8 Å². The van der Waals surface area contributed by atoms with Crippen LogP contribution in [0.25, 0.3) is 0 Å². The van der Waals surface area contributed by atoms with Crippen molar-refractivity contribution in [3.63, 3.8) is 0 Å². The maximum absolute atomic E-state index is 13.7. The summed E-state index contributed by atoms with van der Waals surface area (Å²) in [6, 6.07) is 14.2. The average molecular weight is 396 g/mol. The molecule has 0 aliphatic carbocycles. The van der Waals surface area contributed by atoms with Gasteiger partial charge >= 0.3 is 0 Å². The van der Waals surface area contributed by atoms with Crippen LogP contribution in [0.15, 0.2) is 60.8 Å². The van der Waals surface area contributed by atoms with Crippen molar-refractivity contribution in [2.45, 2.75) is 13.8 Å². The normalized spacial score (nSPS) is 10.5. The number of carbonyl (C=O) groups excluding carboxylic acids is 1. The Hall–Kier alpha value is -3.48. The Bertz CT molecular complexity index is 971. The monoisotopic (exact) mass is 396 g/mol. The molecular formula is C22H22F2N4O. The fourth-order valence-corrected chi connectivity index (χ4v) is 2.89. The zero-order valence-electron chi connectivity index (χ0n) is 16.2. The molecular weight excluding hydrogens is 374 g/mol. The first-order chi connectivity index (χ1) is 14.0. The van der Waals surface area contributed by atoms with E-state index >= 15 is 0 Å². The van der Waals surface area contributed by atoms with Gasteiger partial charge in [0.2, 0.25) is 0 Å². The molecule has 1 aromatic heterocycles. The molecule has 0 bridgehead atoms. The Balaban J connectivity index is 1.64. The molecule has 5 nitrogen and oxygen atoms in total. The first-order valence-corrected chi connectivity index (χ1v) is 9.34. The van der Waals surface area contributed by atoms with Crippen molar-refractivity contribution < 1.29 is 13.6 Å². The van der Waals surface area contributed by atoms with E-state index in [9.17, 15) is 13.6 Å². The van der Waals surface area contributed by atoms with Crippen LogP contribution in [0.3, 0.4) is 0 Å². The van der Waals surface area contributed by atoms with Crippen LogP contribution in [0.1, 0.15) is 24.3 Å². The van der Waals surface area contributed by atoms with E-state index in [1.54, 1.807) is 6.07 Å². The second-order valence-electron chi connectivity index (χ2n) is 6.35. The number of amides is 1. The predicted molar refractivity (Wildman–Crippen MR) is 112 cm³/mol. The molecule has 150 valence electrons. The Kier molecular flexibility index (Phi) is 6.39. The first-order valence-electron chi connectivity index (χ1n) is 9.34. The highest BCUT2D eigenvalue weighted by Crippen LogP contribution is 2.21. The molecule has 7 heteroatoms. The quantitative estimate of drug-likeness (QED) is 0.576. The minimum atomic E-state index is -0.843. The topological polar surface area (TPSA) is 57.3 Å². The lowest BCUT2D eigenvalue weighted by Gasteiger charge is -2.21. The molecule has 1 heterocycles. The SMILES string of the molecule is CCN(CC)c1ccc(Nc2ccc(C(=O)Nc3ccc(F)cc3F)nc2)cc1. The van der Waals surface area contributed by atoms with Gasteiger partial charge in [-0.05, 0) is 62.4 Å². The fourth-order valence-electron chi connectivity index (χ4n) is 2.89. The largest absolute Gasteiger partial charge is 0.372 e. The number of carbonyl (C=O) groups is 1. The van der Waals surface area contributed by atoms with Crippen molar-refractivity contribution in [1.29, 1.82) is 0 Å². The molecule has 0 aliphatic heterocycles. The van der Waals surface area contributed by atoms with Gasteiger partial charge in [0.25, 0.3) is 5.91 Å². The van der Waals surface area contributed by atoms with Crippen LogP contribution in [0.4, 0.5) is 31.5 Å². The number of halogens is 2. The maximum Gasteiger partial charge on any atom is 0.274 e. The predicted octanol–water partition coefficient (Wildman–Crippen LogP) is 5.20. The van der Waals surface area contributed by atoms with Crippen molar-refractivity contribution in [2.24, 2.45) is 0 Å². The molecule has 0 fully saturated rings. The number of pyridine rings is 1. The van der Waals surface area contributed by atoms with E-state index in [4.69, 9.17) is 0 Å². The average Bonchev–Trinajstić information content (AvgIpc) is 2.73. The third kappa shape index (κ3) is 5.07. The van der Waals surface area contributed by atoms with Gasteiger partial charge in [-0.3, -0.25) is 4.79 Å². The maximum atomic E-state index is 13.7. The molecule has 2 N–H and O–H groups in total. The summed E-state index contributed by atoms with van der Waals surface area (Å²) in [5.41, 5.74) is 2.78. The zero-order valence-corrected chi connectivity index (χ0v) is 16.2. The summed E-state index contributed by atoms with van der Waals surface area (Å²) in [5.74, 6) is -2.13. The molecule has 29 heavy (non-hydrogen) atoms. The summed E-state index contributed by atoms with van der Waals surface area (Å²) < 4.78 is 26.6. The van der Waals surface area contributed by atoms with Crippen LogP contribution in [-0.4, -0.2) is 24.0 Å². The summed E-state index contributed by atoms with van der Waals surface area (Å²) in [6.07, 6.45) is 1.52. The molecule has 0 radical (unpaired) electrons. The van der Waals surface area contributed by atoms with Crippen LogP contribution < -0.4 is 15.5 Å². The molecule has 2 aromatic carbocycles. The molecule has 0 unspecified atom stereocenters. The number of anilines is 4. The zero-order chi connectivity index (χ0) is 20.8. The number of hydrogen-bond acceptors (Lipinski definition) is 4. The van der Waals surface area contributed by atoms with Gasteiger partial charge in [0.05, 0.1) is 17.6 Å². The van der Waals surface area contributed by atoms with E-state index < -0.39 is 17.5 Å². The summed E-state index contributed by atoms with van der Waals surface area (Å²) in [4.78, 5) is 18.6. The highest BCUT2D eigenvalue weighted by atomic mass is 19.1. The van der Waals surface area contributed by atoms with Crippen molar-refractivity contribution >= 4 is 28.7 Å². The highest BCUT2D eigenvalue weighted by Gasteiger charge is 2.11. The van der Waals surface area contributed by atoms with E-state index in [1.165, 1.54) is 18.3 Å². The number of hydrogen-bond donors (Lipinski definition) is 2. The van der Waals surface area contributed by atoms with Crippen molar-refractivity contribution in [1.82, 2.24) is 4.98 Å². The van der Waals surface area contributed by atoms with E-state index in [0.29, 0.717) is 11.8 Å². The number of benzene rings is 2. The third-order valence-electron chi connectivity index (χ3n) is 4.46. The Labute approximate surface area is 168 Å². The molecule has 0 saturated carbocycles. The summed E-state index contributed by atoms with van der Waals surface area (Å²) >= 11 is 0. The van der Waals surface area contributed by atoms with Crippen molar-refractivity contribution in [3.8, 4) is 0 Å². The van der Waals surface area contributed by atoms with E-state index in [-0.39, 0.29) is 11.4 Å². The standard InChI is InChI=1S/C22H22F2N4O/c1-3-28(4-2)18-9-6-16(7-10-18)26-17-8-12-21(25-14-17)22(29)27-20-11-5-15(23)13-19(20)24/h5-14,26H,3-4H2,1-2H3,(H,27,29). The van der Waals surface area contributed by atoms with E-state index in [0.717, 1.165) is 30.5 Å². The molecule has 0 aliphatic rings. The van der Waals surface area contributed by atoms with Gasteiger partial charge in [-0.1, -0.05) is 0 Å². The van der Waals surface area contributed by atoms with Crippen molar-refractivity contribution in [2.75, 3.05) is 28.6 Å². The Morgan fingerprint density at radius 2 is 1.66 bits per heavy atom. The van der Waals surface area contributed by atoms with Gasteiger partial charge in [-0.2, -0.15) is 0 Å². The highest BCUT2D eigenvalue weighted by molar-refractivity contribution is 6.03. The van der Waals surface area contributed by atoms with Gasteiger partial charge in [0, 0.05) is 30.5 Å². The fraction of sp³-hybridized carbons (Fsp3) is 0.182. The van der Waals surface area contributed by atoms with Crippen LogP contribution >= 0.6 is 0 Å². The number of nitrogens with one attached hydrogen (secondary N) is 2. The number of aromatic nitrogens is 1. The van der Waals surface area contributed by atoms with Crippen LogP contribution in [0, 0.1) is 11.6 Å². The molecule has 3 rings (SSSR count). The molecule has 0 spiro atoms. The minimum absolute atomic E-state index is 0.103. The van der Waals surface area contributed by atoms with Gasteiger partial charge in [0.1, 0.15) is 17.3 Å². The van der Waals surface area contributed by atoms with Crippen LogP contribution in [-0.2, 0) is 0 Å². The summed E-state index contributed by atoms with van der Waals surface area (Å²) in [5, 5.41) is 5.61. The molecule has 0 saturated heterocycles. The molecule has 0 atom stereocenters. The Morgan fingerprint density at radius 3 is 2.24 bits per heavy atom. The van der Waals surface area contributed by atoms with E-state index in [1.807, 2.05) is 24.3 Å². The molecule has 3 aromatic rings. The second kappa shape index (κ2) is 9.14. The minimum Gasteiger partial charge on any atom is -0.372 e.